The maximum atomic E-state index is 11.7. The Kier molecular flexibility index (Phi) is 7.09. The standard InChI is InChI=1S/C19H19NO2S/c1-23-15-14-22-19(21)20-18-13-6-5-11-17(18)12-7-10-16-8-3-2-4-9-16/h2-6,8-9,11,13H,10,14-15H2,1H3,(H,20,21). The zero-order valence-electron chi connectivity index (χ0n) is 13.0. The monoisotopic (exact) mass is 325 g/mol. The molecule has 0 aliphatic heterocycles. The van der Waals surface area contributed by atoms with Gasteiger partial charge in [0.15, 0.2) is 0 Å². The van der Waals surface area contributed by atoms with Crippen LogP contribution in [0.25, 0.3) is 0 Å². The number of benzene rings is 2. The molecule has 0 aliphatic carbocycles. The number of nitrogens with one attached hydrogen (secondary N) is 1. The molecule has 3 nitrogen and oxygen atoms in total. The van der Waals surface area contributed by atoms with E-state index in [-0.39, 0.29) is 0 Å². The number of hydrogen-bond donors (Lipinski definition) is 1. The molecule has 1 N–H and O–H groups in total. The second-order valence-corrected chi connectivity index (χ2v) is 5.75. The maximum absolute atomic E-state index is 11.7. The normalized spacial score (nSPS) is 9.61. The van der Waals surface area contributed by atoms with Crippen molar-refractivity contribution in [3.8, 4) is 11.8 Å². The van der Waals surface area contributed by atoms with Crippen LogP contribution in [-0.2, 0) is 11.2 Å². The first-order chi connectivity index (χ1) is 11.3. The first-order valence-electron chi connectivity index (χ1n) is 7.34. The number of carbonyl (C=O) groups is 1. The first kappa shape index (κ1) is 17.0. The molecule has 0 radical (unpaired) electrons. The highest BCUT2D eigenvalue weighted by atomic mass is 32.2. The largest absolute Gasteiger partial charge is 0.448 e. The van der Waals surface area contributed by atoms with Crippen LogP contribution in [0.3, 0.4) is 0 Å². The molecule has 0 heterocycles. The van der Waals surface area contributed by atoms with Gasteiger partial charge in [-0.2, -0.15) is 11.8 Å². The summed E-state index contributed by atoms with van der Waals surface area (Å²) in [7, 11) is 0. The maximum Gasteiger partial charge on any atom is 0.411 e. The van der Waals surface area contributed by atoms with Crippen molar-refractivity contribution in [3.05, 3.63) is 65.7 Å². The zero-order valence-corrected chi connectivity index (χ0v) is 13.9. The Morgan fingerprint density at radius 1 is 1.13 bits per heavy atom. The van der Waals surface area contributed by atoms with Crippen molar-refractivity contribution < 1.29 is 9.53 Å². The van der Waals surface area contributed by atoms with Crippen LogP contribution >= 0.6 is 11.8 Å². The molecule has 0 saturated heterocycles. The summed E-state index contributed by atoms with van der Waals surface area (Å²) in [5.41, 5.74) is 2.62. The van der Waals surface area contributed by atoms with Gasteiger partial charge in [0.1, 0.15) is 6.61 Å². The van der Waals surface area contributed by atoms with E-state index in [1.807, 2.05) is 60.9 Å². The summed E-state index contributed by atoms with van der Waals surface area (Å²) in [6.07, 6.45) is 2.20. The number of para-hydroxylation sites is 1. The van der Waals surface area contributed by atoms with Crippen molar-refractivity contribution >= 4 is 23.5 Å². The molecule has 0 unspecified atom stereocenters. The number of rotatable bonds is 5. The fourth-order valence-corrected chi connectivity index (χ4v) is 2.15. The Morgan fingerprint density at radius 2 is 1.87 bits per heavy atom. The molecule has 1 amide bonds. The highest BCUT2D eigenvalue weighted by Crippen LogP contribution is 2.14. The molecule has 23 heavy (non-hydrogen) atoms. The molecule has 4 heteroatoms. The minimum Gasteiger partial charge on any atom is -0.448 e. The lowest BCUT2D eigenvalue weighted by Crippen LogP contribution is -2.15. The Labute approximate surface area is 141 Å². The van der Waals surface area contributed by atoms with Gasteiger partial charge in [-0.1, -0.05) is 54.3 Å². The summed E-state index contributed by atoms with van der Waals surface area (Å²) in [5.74, 6) is 7.03. The summed E-state index contributed by atoms with van der Waals surface area (Å²) in [6, 6.07) is 17.5. The van der Waals surface area contributed by atoms with Crippen LogP contribution in [0.1, 0.15) is 11.1 Å². The van der Waals surface area contributed by atoms with Crippen molar-refractivity contribution in [1.29, 1.82) is 0 Å². The number of thioether (sulfide) groups is 1. The van der Waals surface area contributed by atoms with Gasteiger partial charge in [-0.25, -0.2) is 4.79 Å². The second kappa shape index (κ2) is 9.60. The molecular formula is C19H19NO2S. The Hall–Kier alpha value is -2.38. The lowest BCUT2D eigenvalue weighted by Gasteiger charge is -2.08. The van der Waals surface area contributed by atoms with Crippen LogP contribution in [0.5, 0.6) is 0 Å². The molecular weight excluding hydrogens is 306 g/mol. The lowest BCUT2D eigenvalue weighted by atomic mass is 10.1. The van der Waals surface area contributed by atoms with Crippen molar-refractivity contribution in [1.82, 2.24) is 0 Å². The van der Waals surface area contributed by atoms with Crippen LogP contribution in [-0.4, -0.2) is 24.7 Å². The number of hydrogen-bond acceptors (Lipinski definition) is 3. The van der Waals surface area contributed by atoms with Gasteiger partial charge in [-0.05, 0) is 24.0 Å². The number of anilines is 1. The van der Waals surface area contributed by atoms with Gasteiger partial charge in [0.25, 0.3) is 0 Å². The zero-order chi connectivity index (χ0) is 16.3. The molecule has 2 rings (SSSR count). The molecule has 2 aromatic carbocycles. The highest BCUT2D eigenvalue weighted by molar-refractivity contribution is 7.98. The van der Waals surface area contributed by atoms with Gasteiger partial charge >= 0.3 is 6.09 Å². The lowest BCUT2D eigenvalue weighted by molar-refractivity contribution is 0.169. The minimum atomic E-state index is -0.448. The van der Waals surface area contributed by atoms with Crippen LogP contribution in [0.2, 0.25) is 0 Å². The molecule has 0 aromatic heterocycles. The van der Waals surface area contributed by atoms with Crippen molar-refractivity contribution in [3.63, 3.8) is 0 Å². The third kappa shape index (κ3) is 6.09. The van der Waals surface area contributed by atoms with Crippen LogP contribution in [0.15, 0.2) is 54.6 Å². The molecule has 0 saturated carbocycles. The number of amides is 1. The topological polar surface area (TPSA) is 38.3 Å². The minimum absolute atomic E-state index is 0.398. The average molecular weight is 325 g/mol. The van der Waals surface area contributed by atoms with E-state index < -0.39 is 6.09 Å². The van der Waals surface area contributed by atoms with Gasteiger partial charge in [-0.15, -0.1) is 0 Å². The van der Waals surface area contributed by atoms with Gasteiger partial charge in [0.05, 0.1) is 5.69 Å². The van der Waals surface area contributed by atoms with Crippen molar-refractivity contribution in [2.24, 2.45) is 0 Å². The molecule has 118 valence electrons. The SMILES string of the molecule is CSCCOC(=O)Nc1ccccc1C#CCc1ccccc1. The molecule has 0 spiro atoms. The molecule has 0 aliphatic rings. The molecule has 0 atom stereocenters. The fourth-order valence-electron chi connectivity index (χ4n) is 1.90. The summed E-state index contributed by atoms with van der Waals surface area (Å²) in [5, 5.41) is 2.75. The second-order valence-electron chi connectivity index (χ2n) is 4.76. The van der Waals surface area contributed by atoms with Crippen LogP contribution < -0.4 is 5.32 Å². The highest BCUT2D eigenvalue weighted by Gasteiger charge is 2.05. The molecule has 0 bridgehead atoms. The van der Waals surface area contributed by atoms with E-state index in [0.717, 1.165) is 11.3 Å². The Bertz CT molecular complexity index is 689. The van der Waals surface area contributed by atoms with Crippen LogP contribution in [0, 0.1) is 11.8 Å². The van der Waals surface area contributed by atoms with Crippen molar-refractivity contribution in [2.75, 3.05) is 23.9 Å². The van der Waals surface area contributed by atoms with Gasteiger partial charge in [0, 0.05) is 17.7 Å². The van der Waals surface area contributed by atoms with Crippen LogP contribution in [0.4, 0.5) is 10.5 Å². The first-order valence-corrected chi connectivity index (χ1v) is 8.73. The van der Waals surface area contributed by atoms with Gasteiger partial charge in [0.2, 0.25) is 0 Å². The number of carbonyl (C=O) groups excluding carboxylic acids is 1. The third-order valence-corrected chi connectivity index (χ3v) is 3.62. The van der Waals surface area contributed by atoms with Crippen molar-refractivity contribution in [2.45, 2.75) is 6.42 Å². The average Bonchev–Trinajstić information content (AvgIpc) is 2.58. The Balaban J connectivity index is 1.99. The summed E-state index contributed by atoms with van der Waals surface area (Å²) in [6.45, 7) is 0.398. The Morgan fingerprint density at radius 3 is 2.65 bits per heavy atom. The van der Waals surface area contributed by atoms with E-state index in [1.165, 1.54) is 5.56 Å². The quantitative estimate of drug-likeness (QED) is 0.661. The van der Waals surface area contributed by atoms with E-state index in [9.17, 15) is 4.79 Å². The van der Waals surface area contributed by atoms with E-state index in [4.69, 9.17) is 4.74 Å². The summed E-state index contributed by atoms with van der Waals surface area (Å²) in [4.78, 5) is 11.7. The van der Waals surface area contributed by atoms with Gasteiger partial charge < -0.3 is 4.74 Å². The van der Waals surface area contributed by atoms with E-state index in [0.29, 0.717) is 18.7 Å². The smallest absolute Gasteiger partial charge is 0.411 e. The van der Waals surface area contributed by atoms with E-state index in [1.54, 1.807) is 11.8 Å². The summed E-state index contributed by atoms with van der Waals surface area (Å²) < 4.78 is 5.10. The predicted molar refractivity (Wildman–Crippen MR) is 96.8 cm³/mol. The fraction of sp³-hybridized carbons (Fsp3) is 0.211. The van der Waals surface area contributed by atoms with E-state index >= 15 is 0 Å². The summed E-state index contributed by atoms with van der Waals surface area (Å²) >= 11 is 1.63. The predicted octanol–water partition coefficient (Wildman–Crippen LogP) is 4.19. The molecule has 0 fully saturated rings. The number of ether oxygens (including phenoxy) is 1. The van der Waals surface area contributed by atoms with E-state index in [2.05, 4.69) is 17.2 Å². The van der Waals surface area contributed by atoms with Gasteiger partial charge in [-0.3, -0.25) is 5.32 Å². The molecule has 2 aromatic rings. The third-order valence-electron chi connectivity index (χ3n) is 3.04.